The van der Waals surface area contributed by atoms with Gasteiger partial charge in [0.05, 0.1) is 0 Å². The second-order valence-electron chi connectivity index (χ2n) is 6.12. The summed E-state index contributed by atoms with van der Waals surface area (Å²) in [5.74, 6) is 0. The summed E-state index contributed by atoms with van der Waals surface area (Å²) in [6.45, 7) is 7.85. The number of anilines is 1. The first-order chi connectivity index (χ1) is 9.61. The maximum atomic E-state index is 3.54. The summed E-state index contributed by atoms with van der Waals surface area (Å²) >= 11 is 0. The van der Waals surface area contributed by atoms with Gasteiger partial charge in [-0.25, -0.2) is 0 Å². The van der Waals surface area contributed by atoms with Crippen molar-refractivity contribution in [3.63, 3.8) is 0 Å². The predicted molar refractivity (Wildman–Crippen MR) is 87.5 cm³/mol. The lowest BCUT2D eigenvalue weighted by atomic mass is 10.1. The van der Waals surface area contributed by atoms with Crippen LogP contribution in [0.5, 0.6) is 0 Å². The highest BCUT2D eigenvalue weighted by molar-refractivity contribution is 5.49. The Labute approximate surface area is 124 Å². The minimum atomic E-state index is 0.442. The molecule has 112 valence electrons. The van der Waals surface area contributed by atoms with E-state index in [0.717, 1.165) is 13.1 Å². The molecule has 1 aromatic carbocycles. The van der Waals surface area contributed by atoms with Gasteiger partial charge in [0.25, 0.3) is 0 Å². The van der Waals surface area contributed by atoms with Gasteiger partial charge in [0, 0.05) is 30.9 Å². The molecule has 0 spiro atoms. The van der Waals surface area contributed by atoms with Gasteiger partial charge in [-0.2, -0.15) is 0 Å². The fraction of sp³-hybridized carbons (Fsp3) is 0.647. The van der Waals surface area contributed by atoms with Gasteiger partial charge >= 0.3 is 0 Å². The number of benzene rings is 1. The van der Waals surface area contributed by atoms with Gasteiger partial charge in [-0.05, 0) is 58.1 Å². The van der Waals surface area contributed by atoms with Crippen LogP contribution in [0.1, 0.15) is 38.3 Å². The summed E-state index contributed by atoms with van der Waals surface area (Å²) in [5, 5.41) is 3.54. The fourth-order valence-corrected chi connectivity index (χ4v) is 2.85. The molecular formula is C17H29N3. The summed E-state index contributed by atoms with van der Waals surface area (Å²) in [4.78, 5) is 4.84. The quantitative estimate of drug-likeness (QED) is 0.861. The van der Waals surface area contributed by atoms with Crippen molar-refractivity contribution >= 4 is 5.69 Å². The maximum Gasteiger partial charge on any atom is 0.0366 e. The van der Waals surface area contributed by atoms with E-state index in [-0.39, 0.29) is 0 Å². The van der Waals surface area contributed by atoms with Gasteiger partial charge in [0.15, 0.2) is 0 Å². The van der Waals surface area contributed by atoms with Crippen molar-refractivity contribution in [1.29, 1.82) is 0 Å². The number of hydrogen-bond donors (Lipinski definition) is 1. The zero-order valence-electron chi connectivity index (χ0n) is 13.4. The van der Waals surface area contributed by atoms with Crippen LogP contribution in [0.25, 0.3) is 0 Å². The summed E-state index contributed by atoms with van der Waals surface area (Å²) in [6, 6.07) is 10.2. The molecule has 1 saturated heterocycles. The molecule has 2 atom stereocenters. The van der Waals surface area contributed by atoms with Gasteiger partial charge in [-0.15, -0.1) is 0 Å². The predicted octanol–water partition coefficient (Wildman–Crippen LogP) is 2.89. The molecule has 1 fully saturated rings. The fourth-order valence-electron chi connectivity index (χ4n) is 2.85. The van der Waals surface area contributed by atoms with E-state index in [0.29, 0.717) is 12.1 Å². The second-order valence-corrected chi connectivity index (χ2v) is 6.12. The SMILES string of the molecule is CCCNC(C)c1ccc(N2CCC(N(C)C)C2)cc1. The normalized spacial score (nSPS) is 20.6. The van der Waals surface area contributed by atoms with Crippen molar-refractivity contribution in [2.45, 2.75) is 38.8 Å². The largest absolute Gasteiger partial charge is 0.370 e. The molecule has 1 aromatic rings. The Kier molecular flexibility index (Phi) is 5.44. The number of rotatable bonds is 6. The van der Waals surface area contributed by atoms with E-state index in [9.17, 15) is 0 Å². The van der Waals surface area contributed by atoms with Crippen molar-refractivity contribution in [2.24, 2.45) is 0 Å². The van der Waals surface area contributed by atoms with Crippen LogP contribution in [0.15, 0.2) is 24.3 Å². The van der Waals surface area contributed by atoms with Crippen LogP contribution in [-0.2, 0) is 0 Å². The Morgan fingerprint density at radius 3 is 2.55 bits per heavy atom. The molecule has 0 bridgehead atoms. The number of nitrogens with one attached hydrogen (secondary N) is 1. The Morgan fingerprint density at radius 1 is 1.30 bits per heavy atom. The second kappa shape index (κ2) is 7.09. The van der Waals surface area contributed by atoms with E-state index in [1.807, 2.05) is 0 Å². The van der Waals surface area contributed by atoms with Crippen molar-refractivity contribution < 1.29 is 0 Å². The van der Waals surface area contributed by atoms with E-state index < -0.39 is 0 Å². The highest BCUT2D eigenvalue weighted by atomic mass is 15.2. The average Bonchev–Trinajstić information content (AvgIpc) is 2.95. The molecule has 0 aliphatic carbocycles. The highest BCUT2D eigenvalue weighted by Crippen LogP contribution is 2.24. The zero-order chi connectivity index (χ0) is 14.5. The maximum absolute atomic E-state index is 3.54. The summed E-state index contributed by atoms with van der Waals surface area (Å²) in [7, 11) is 4.36. The molecule has 1 N–H and O–H groups in total. The van der Waals surface area contributed by atoms with Crippen LogP contribution in [0.3, 0.4) is 0 Å². The Balaban J connectivity index is 1.95. The van der Waals surface area contributed by atoms with Gasteiger partial charge in [-0.1, -0.05) is 19.1 Å². The number of hydrogen-bond acceptors (Lipinski definition) is 3. The van der Waals surface area contributed by atoms with Crippen LogP contribution in [0.2, 0.25) is 0 Å². The standard InChI is InChI=1S/C17H29N3/c1-5-11-18-14(2)15-6-8-16(9-7-15)20-12-10-17(13-20)19(3)4/h6-9,14,17-18H,5,10-13H2,1-4H3. The lowest BCUT2D eigenvalue weighted by Crippen LogP contribution is -2.31. The van der Waals surface area contributed by atoms with Crippen LogP contribution in [0.4, 0.5) is 5.69 Å². The average molecular weight is 275 g/mol. The molecular weight excluding hydrogens is 246 g/mol. The lowest BCUT2D eigenvalue weighted by Gasteiger charge is -2.22. The van der Waals surface area contributed by atoms with Crippen molar-refractivity contribution in [1.82, 2.24) is 10.2 Å². The lowest BCUT2D eigenvalue weighted by molar-refractivity contribution is 0.315. The molecule has 20 heavy (non-hydrogen) atoms. The van der Waals surface area contributed by atoms with Crippen molar-refractivity contribution in [2.75, 3.05) is 38.6 Å². The Hall–Kier alpha value is -1.06. The highest BCUT2D eigenvalue weighted by Gasteiger charge is 2.23. The monoisotopic (exact) mass is 275 g/mol. The third kappa shape index (κ3) is 3.74. The summed E-state index contributed by atoms with van der Waals surface area (Å²) < 4.78 is 0. The molecule has 1 aliphatic heterocycles. The molecule has 1 heterocycles. The van der Waals surface area contributed by atoms with Crippen LogP contribution >= 0.6 is 0 Å². The van der Waals surface area contributed by atoms with Gasteiger partial charge < -0.3 is 15.1 Å². The molecule has 0 radical (unpaired) electrons. The van der Waals surface area contributed by atoms with Crippen molar-refractivity contribution in [3.05, 3.63) is 29.8 Å². The van der Waals surface area contributed by atoms with Crippen LogP contribution < -0.4 is 10.2 Å². The summed E-state index contributed by atoms with van der Waals surface area (Å²) in [6.07, 6.45) is 2.45. The molecule has 3 heteroatoms. The topological polar surface area (TPSA) is 18.5 Å². The van der Waals surface area contributed by atoms with Crippen molar-refractivity contribution in [3.8, 4) is 0 Å². The zero-order valence-corrected chi connectivity index (χ0v) is 13.4. The Morgan fingerprint density at radius 2 is 2.00 bits per heavy atom. The number of nitrogens with zero attached hydrogens (tertiary/aromatic N) is 2. The van der Waals surface area contributed by atoms with Gasteiger partial charge in [0.1, 0.15) is 0 Å². The summed E-state index contributed by atoms with van der Waals surface area (Å²) in [5.41, 5.74) is 2.74. The number of likely N-dealkylation sites (N-methyl/N-ethyl adjacent to an activating group) is 1. The molecule has 1 aliphatic rings. The van der Waals surface area contributed by atoms with Gasteiger partial charge in [-0.3, -0.25) is 0 Å². The van der Waals surface area contributed by atoms with E-state index in [4.69, 9.17) is 0 Å². The molecule has 2 rings (SSSR count). The first-order valence-electron chi connectivity index (χ1n) is 7.86. The first kappa shape index (κ1) is 15.3. The molecule has 0 aromatic heterocycles. The smallest absolute Gasteiger partial charge is 0.0366 e. The van der Waals surface area contributed by atoms with E-state index in [2.05, 4.69) is 67.3 Å². The van der Waals surface area contributed by atoms with E-state index in [1.54, 1.807) is 0 Å². The molecule has 0 saturated carbocycles. The molecule has 0 amide bonds. The first-order valence-corrected chi connectivity index (χ1v) is 7.86. The van der Waals surface area contributed by atoms with E-state index in [1.165, 1.54) is 30.6 Å². The van der Waals surface area contributed by atoms with Crippen LogP contribution in [0, 0.1) is 0 Å². The third-order valence-corrected chi connectivity index (χ3v) is 4.35. The minimum absolute atomic E-state index is 0.442. The van der Waals surface area contributed by atoms with E-state index >= 15 is 0 Å². The minimum Gasteiger partial charge on any atom is -0.370 e. The third-order valence-electron chi connectivity index (χ3n) is 4.35. The van der Waals surface area contributed by atoms with Gasteiger partial charge in [0.2, 0.25) is 0 Å². The van der Waals surface area contributed by atoms with Crippen LogP contribution in [-0.4, -0.2) is 44.7 Å². The molecule has 2 unspecified atom stereocenters. The molecule has 3 nitrogen and oxygen atoms in total. The Bertz CT molecular complexity index is 399.